The van der Waals surface area contributed by atoms with Crippen LogP contribution >= 0.6 is 0 Å². The van der Waals surface area contributed by atoms with Gasteiger partial charge in [-0.05, 0) is 62.2 Å². The van der Waals surface area contributed by atoms with E-state index in [-0.39, 0.29) is 11.9 Å². The van der Waals surface area contributed by atoms with Crippen LogP contribution in [-0.4, -0.2) is 79.6 Å². The molecule has 13 nitrogen and oxygen atoms in total. The number of amides is 1. The van der Waals surface area contributed by atoms with E-state index in [1.807, 2.05) is 43.4 Å². The van der Waals surface area contributed by atoms with Gasteiger partial charge in [0.15, 0.2) is 0 Å². The maximum atomic E-state index is 13.4. The minimum absolute atomic E-state index is 0.195. The van der Waals surface area contributed by atoms with Crippen LogP contribution in [0.5, 0.6) is 0 Å². The molecule has 2 aromatic carbocycles. The number of aryl methyl sites for hydroxylation is 2. The molecule has 1 amide bonds. The number of rotatable bonds is 11. The van der Waals surface area contributed by atoms with Gasteiger partial charge in [0.25, 0.3) is 5.91 Å². The summed E-state index contributed by atoms with van der Waals surface area (Å²) in [4.78, 5) is 41.6. The molecule has 0 aliphatic carbocycles. The first kappa shape index (κ1) is 29.8. The number of imidazole rings is 1. The standard InChI is InChI=1S/C32H36N10O3/c1-38(2)23-12-17-41(20-23)29-19-22(9-10-25(29)30(43)33-13-6-16-40-18-15-35-32(40)42(44)45)36-31-34-14-11-27(37-31)26-21-39(3)28-8-5-4-7-24(26)28/h4-5,7-11,14-15,18-19,21,23H,6,12-13,16-17,20H2,1-3H3,(H,33,43)(H,34,36,37)/t23-/m0/s1. The molecule has 0 unspecified atom stereocenters. The third-order valence-electron chi connectivity index (χ3n) is 8.28. The van der Waals surface area contributed by atoms with Crippen LogP contribution in [0.2, 0.25) is 0 Å². The number of likely N-dealkylation sites (N-methyl/N-ethyl adjacent to an activating group) is 1. The maximum absolute atomic E-state index is 13.4. The highest BCUT2D eigenvalue weighted by atomic mass is 16.6. The van der Waals surface area contributed by atoms with Crippen LogP contribution in [0.1, 0.15) is 23.2 Å². The Hall–Kier alpha value is -5.30. The molecule has 0 bridgehead atoms. The summed E-state index contributed by atoms with van der Waals surface area (Å²) < 4.78 is 3.57. The molecule has 1 aliphatic rings. The fourth-order valence-corrected chi connectivity index (χ4v) is 5.88. The summed E-state index contributed by atoms with van der Waals surface area (Å²) in [5, 5.41) is 18.6. The van der Waals surface area contributed by atoms with E-state index in [0.29, 0.717) is 37.1 Å². The second-order valence-corrected chi connectivity index (χ2v) is 11.4. The number of fused-ring (bicyclic) bond motifs is 1. The summed E-state index contributed by atoms with van der Waals surface area (Å²) in [7, 11) is 6.17. The van der Waals surface area contributed by atoms with Crippen molar-refractivity contribution in [3.63, 3.8) is 0 Å². The van der Waals surface area contributed by atoms with Gasteiger partial charge < -0.3 is 35.1 Å². The largest absolute Gasteiger partial charge is 0.434 e. The highest BCUT2D eigenvalue weighted by Gasteiger charge is 2.27. The number of nitrogens with zero attached hydrogens (tertiary/aromatic N) is 8. The molecular weight excluding hydrogens is 572 g/mol. The zero-order valence-corrected chi connectivity index (χ0v) is 25.6. The third kappa shape index (κ3) is 6.34. The van der Waals surface area contributed by atoms with Crippen molar-refractivity contribution in [2.45, 2.75) is 25.4 Å². The van der Waals surface area contributed by atoms with Crippen LogP contribution in [0, 0.1) is 10.1 Å². The van der Waals surface area contributed by atoms with Gasteiger partial charge in [-0.1, -0.05) is 23.2 Å². The molecule has 1 saturated heterocycles. The third-order valence-corrected chi connectivity index (χ3v) is 8.28. The molecule has 0 spiro atoms. The molecular formula is C32H36N10O3. The summed E-state index contributed by atoms with van der Waals surface area (Å²) in [5.74, 6) is 0.0618. The topological polar surface area (TPSA) is 139 Å². The molecule has 3 aromatic heterocycles. The van der Waals surface area contributed by atoms with Gasteiger partial charge in [0.05, 0.1) is 23.5 Å². The Kier molecular flexibility index (Phi) is 8.43. The summed E-state index contributed by atoms with van der Waals surface area (Å²) in [6.07, 6.45) is 8.31. The molecule has 13 heteroatoms. The van der Waals surface area contributed by atoms with E-state index in [1.165, 1.54) is 10.8 Å². The Balaban J connectivity index is 1.21. The van der Waals surface area contributed by atoms with Gasteiger partial charge in [-0.15, -0.1) is 0 Å². The second-order valence-electron chi connectivity index (χ2n) is 11.4. The number of nitro groups is 1. The minimum atomic E-state index is -0.511. The van der Waals surface area contributed by atoms with E-state index in [2.05, 4.69) is 67.4 Å². The number of benzene rings is 2. The van der Waals surface area contributed by atoms with Crippen LogP contribution < -0.4 is 15.5 Å². The molecule has 2 N–H and O–H groups in total. The highest BCUT2D eigenvalue weighted by Crippen LogP contribution is 2.32. The quantitative estimate of drug-likeness (QED) is 0.127. The fraction of sp³-hybridized carbons (Fsp3) is 0.312. The Morgan fingerprint density at radius 3 is 2.78 bits per heavy atom. The lowest BCUT2D eigenvalue weighted by atomic mass is 10.1. The Bertz CT molecular complexity index is 1850. The Morgan fingerprint density at radius 2 is 1.98 bits per heavy atom. The van der Waals surface area contributed by atoms with E-state index in [0.717, 1.165) is 53.0 Å². The van der Waals surface area contributed by atoms with Crippen LogP contribution in [0.15, 0.2) is 73.3 Å². The molecule has 1 aliphatic heterocycles. The number of para-hydroxylation sites is 1. The van der Waals surface area contributed by atoms with Gasteiger partial charge in [0.2, 0.25) is 5.95 Å². The van der Waals surface area contributed by atoms with Crippen molar-refractivity contribution in [1.82, 2.24) is 34.3 Å². The molecule has 232 valence electrons. The predicted octanol–water partition coefficient (Wildman–Crippen LogP) is 4.44. The zero-order valence-electron chi connectivity index (χ0n) is 25.6. The lowest BCUT2D eigenvalue weighted by Crippen LogP contribution is -2.33. The molecule has 1 fully saturated rings. The molecule has 5 aromatic rings. The first-order chi connectivity index (χ1) is 21.8. The van der Waals surface area contributed by atoms with Crippen molar-refractivity contribution in [3.8, 4) is 11.3 Å². The summed E-state index contributed by atoms with van der Waals surface area (Å²) in [5.41, 5.74) is 5.15. The van der Waals surface area contributed by atoms with Gasteiger partial charge in [0, 0.05) is 67.3 Å². The number of aromatic nitrogens is 5. The van der Waals surface area contributed by atoms with Crippen molar-refractivity contribution in [1.29, 1.82) is 0 Å². The van der Waals surface area contributed by atoms with Crippen molar-refractivity contribution in [3.05, 3.63) is 89.0 Å². The van der Waals surface area contributed by atoms with Crippen molar-refractivity contribution < 1.29 is 9.72 Å². The average Bonchev–Trinajstić information content (AvgIpc) is 3.79. The summed E-state index contributed by atoms with van der Waals surface area (Å²) in [6, 6.07) is 16.2. The molecule has 1 atom stereocenters. The Morgan fingerprint density at radius 1 is 1.13 bits per heavy atom. The first-order valence-corrected chi connectivity index (χ1v) is 14.9. The molecule has 0 saturated carbocycles. The number of carbonyl (C=O) groups excluding carboxylic acids is 1. The van der Waals surface area contributed by atoms with Crippen molar-refractivity contribution in [2.75, 3.05) is 43.9 Å². The molecule has 6 rings (SSSR count). The molecule has 45 heavy (non-hydrogen) atoms. The minimum Gasteiger partial charge on any atom is -0.390 e. The van der Waals surface area contributed by atoms with Crippen LogP contribution in [0.3, 0.4) is 0 Å². The van der Waals surface area contributed by atoms with Gasteiger partial charge in [-0.3, -0.25) is 4.79 Å². The highest BCUT2D eigenvalue weighted by molar-refractivity contribution is 6.00. The van der Waals surface area contributed by atoms with E-state index in [1.54, 1.807) is 12.4 Å². The van der Waals surface area contributed by atoms with E-state index in [9.17, 15) is 14.9 Å². The lowest BCUT2D eigenvalue weighted by molar-refractivity contribution is -0.396. The molecule has 4 heterocycles. The van der Waals surface area contributed by atoms with Crippen molar-refractivity contribution in [2.24, 2.45) is 7.05 Å². The van der Waals surface area contributed by atoms with Gasteiger partial charge in [-0.2, -0.15) is 0 Å². The monoisotopic (exact) mass is 608 g/mol. The van der Waals surface area contributed by atoms with Gasteiger partial charge in [-0.25, -0.2) is 14.5 Å². The summed E-state index contributed by atoms with van der Waals surface area (Å²) in [6.45, 7) is 2.36. The van der Waals surface area contributed by atoms with Crippen molar-refractivity contribution >= 4 is 40.1 Å². The van der Waals surface area contributed by atoms with Crippen LogP contribution in [-0.2, 0) is 13.6 Å². The number of anilines is 3. The van der Waals surface area contributed by atoms with E-state index >= 15 is 0 Å². The zero-order chi connectivity index (χ0) is 31.5. The SMILES string of the molecule is CN(C)[C@H]1CCN(c2cc(Nc3nccc(-c4cn(C)c5ccccc45)n3)ccc2C(=O)NCCCn2ccnc2[N+](=O)[O-])C1. The number of hydrogen-bond acceptors (Lipinski definition) is 9. The van der Waals surface area contributed by atoms with Crippen LogP contribution in [0.25, 0.3) is 22.2 Å². The summed E-state index contributed by atoms with van der Waals surface area (Å²) >= 11 is 0. The van der Waals surface area contributed by atoms with Crippen LogP contribution in [0.4, 0.5) is 23.3 Å². The Labute approximate surface area is 260 Å². The average molecular weight is 609 g/mol. The maximum Gasteiger partial charge on any atom is 0.434 e. The van der Waals surface area contributed by atoms with E-state index < -0.39 is 4.92 Å². The predicted molar refractivity (Wildman–Crippen MR) is 174 cm³/mol. The lowest BCUT2D eigenvalue weighted by Gasteiger charge is -2.24. The number of carbonyl (C=O) groups is 1. The molecule has 0 radical (unpaired) electrons. The second kappa shape index (κ2) is 12.7. The fourth-order valence-electron chi connectivity index (χ4n) is 5.88. The normalized spacial score (nSPS) is 14.8. The van der Waals surface area contributed by atoms with Gasteiger partial charge >= 0.3 is 5.95 Å². The first-order valence-electron chi connectivity index (χ1n) is 14.9. The van der Waals surface area contributed by atoms with E-state index in [4.69, 9.17) is 4.98 Å². The smallest absolute Gasteiger partial charge is 0.390 e. The number of nitrogens with one attached hydrogen (secondary N) is 2. The van der Waals surface area contributed by atoms with Gasteiger partial charge in [0.1, 0.15) is 12.4 Å². The number of hydrogen-bond donors (Lipinski definition) is 2.